The summed E-state index contributed by atoms with van der Waals surface area (Å²) in [6.07, 6.45) is 0. The van der Waals surface area contributed by atoms with Gasteiger partial charge < -0.3 is 9.84 Å². The number of halogens is 1. The summed E-state index contributed by atoms with van der Waals surface area (Å²) in [5, 5.41) is 9.13. The van der Waals surface area contributed by atoms with Crippen LogP contribution < -0.4 is 4.74 Å². The maximum absolute atomic E-state index is 12.7. The number of carbonyl (C=O) groups is 1. The van der Waals surface area contributed by atoms with Crippen LogP contribution in [-0.2, 0) is 0 Å². The van der Waals surface area contributed by atoms with Crippen molar-refractivity contribution in [3.8, 4) is 11.5 Å². The quantitative estimate of drug-likeness (QED) is 0.899. The smallest absolute Gasteiger partial charge is 0.339 e. The molecule has 0 saturated carbocycles. The van der Waals surface area contributed by atoms with E-state index >= 15 is 0 Å². The lowest BCUT2D eigenvalue weighted by atomic mass is 10.1. The Labute approximate surface area is 103 Å². The molecular weight excluding hydrogens is 235 g/mol. The molecule has 4 heteroatoms. The molecule has 0 aliphatic carbocycles. The Bertz CT molecular complexity index is 576. The van der Waals surface area contributed by atoms with Gasteiger partial charge in [-0.05, 0) is 42.8 Å². The van der Waals surface area contributed by atoms with Crippen molar-refractivity contribution in [2.45, 2.75) is 6.92 Å². The van der Waals surface area contributed by atoms with E-state index in [9.17, 15) is 9.18 Å². The third kappa shape index (κ3) is 2.48. The molecule has 0 radical (unpaired) electrons. The molecule has 0 saturated heterocycles. The molecule has 0 heterocycles. The van der Waals surface area contributed by atoms with E-state index in [1.807, 2.05) is 0 Å². The average Bonchev–Trinajstić information content (AvgIpc) is 2.32. The van der Waals surface area contributed by atoms with Crippen LogP contribution in [0.15, 0.2) is 42.5 Å². The fourth-order valence-electron chi connectivity index (χ4n) is 1.63. The van der Waals surface area contributed by atoms with Crippen molar-refractivity contribution < 1.29 is 19.0 Å². The van der Waals surface area contributed by atoms with E-state index in [1.165, 1.54) is 24.3 Å². The summed E-state index contributed by atoms with van der Waals surface area (Å²) in [7, 11) is 0. The van der Waals surface area contributed by atoms with Gasteiger partial charge in [-0.25, -0.2) is 9.18 Å². The number of benzene rings is 2. The minimum absolute atomic E-state index is 0.113. The lowest BCUT2D eigenvalue weighted by Gasteiger charge is -2.10. The summed E-state index contributed by atoms with van der Waals surface area (Å²) in [6.45, 7) is 1.70. The second-order valence-corrected chi connectivity index (χ2v) is 3.81. The number of hydrogen-bond donors (Lipinski definition) is 1. The van der Waals surface area contributed by atoms with Gasteiger partial charge in [0.25, 0.3) is 0 Å². The van der Waals surface area contributed by atoms with E-state index in [1.54, 1.807) is 25.1 Å². The van der Waals surface area contributed by atoms with E-state index in [4.69, 9.17) is 9.84 Å². The molecule has 92 valence electrons. The molecule has 0 atom stereocenters. The molecule has 0 fully saturated rings. The Morgan fingerprint density at radius 1 is 1.17 bits per heavy atom. The highest BCUT2D eigenvalue weighted by atomic mass is 19.1. The number of carboxylic acids is 1. The van der Waals surface area contributed by atoms with Crippen LogP contribution in [-0.4, -0.2) is 11.1 Å². The zero-order chi connectivity index (χ0) is 13.1. The highest BCUT2D eigenvalue weighted by molar-refractivity contribution is 5.92. The predicted molar refractivity (Wildman–Crippen MR) is 64.6 cm³/mol. The van der Waals surface area contributed by atoms with Gasteiger partial charge in [0.1, 0.15) is 22.9 Å². The SMILES string of the molecule is Cc1cccc(Oc2ccc(F)cc2)c1C(=O)O. The van der Waals surface area contributed by atoms with Crippen LogP contribution in [0.5, 0.6) is 11.5 Å². The third-order valence-electron chi connectivity index (χ3n) is 2.49. The van der Waals surface area contributed by atoms with Crippen LogP contribution in [0.2, 0.25) is 0 Å². The summed E-state index contributed by atoms with van der Waals surface area (Å²) in [5.74, 6) is -0.783. The lowest BCUT2D eigenvalue weighted by Crippen LogP contribution is -2.02. The normalized spacial score (nSPS) is 10.1. The number of hydrogen-bond acceptors (Lipinski definition) is 2. The Kier molecular flexibility index (Phi) is 3.28. The van der Waals surface area contributed by atoms with E-state index in [0.29, 0.717) is 11.3 Å². The standard InChI is InChI=1S/C14H11FO3/c1-9-3-2-4-12(13(9)14(16)17)18-11-7-5-10(15)6-8-11/h2-8H,1H3,(H,16,17). The molecular formula is C14H11FO3. The Balaban J connectivity index is 2.37. The van der Waals surface area contributed by atoms with E-state index in [-0.39, 0.29) is 17.1 Å². The molecule has 2 aromatic rings. The molecule has 0 unspecified atom stereocenters. The third-order valence-corrected chi connectivity index (χ3v) is 2.49. The maximum atomic E-state index is 12.7. The van der Waals surface area contributed by atoms with Crippen molar-refractivity contribution in [2.75, 3.05) is 0 Å². The molecule has 3 nitrogen and oxygen atoms in total. The molecule has 1 N–H and O–H groups in total. The van der Waals surface area contributed by atoms with Crippen LogP contribution in [0.3, 0.4) is 0 Å². The van der Waals surface area contributed by atoms with E-state index < -0.39 is 5.97 Å². The maximum Gasteiger partial charge on any atom is 0.339 e. The van der Waals surface area contributed by atoms with Crippen LogP contribution in [0.25, 0.3) is 0 Å². The predicted octanol–water partition coefficient (Wildman–Crippen LogP) is 3.62. The van der Waals surface area contributed by atoms with Crippen molar-refractivity contribution in [3.05, 3.63) is 59.4 Å². The number of carboxylic acid groups (broad SMARTS) is 1. The van der Waals surface area contributed by atoms with Crippen molar-refractivity contribution >= 4 is 5.97 Å². The number of aromatic carboxylic acids is 1. The Morgan fingerprint density at radius 3 is 2.44 bits per heavy atom. The van der Waals surface area contributed by atoms with E-state index in [2.05, 4.69) is 0 Å². The van der Waals surface area contributed by atoms with Gasteiger partial charge >= 0.3 is 5.97 Å². The van der Waals surface area contributed by atoms with Gasteiger partial charge in [0.05, 0.1) is 0 Å². The summed E-state index contributed by atoms with van der Waals surface area (Å²) in [4.78, 5) is 11.1. The molecule has 0 spiro atoms. The first-order chi connectivity index (χ1) is 8.58. The number of ether oxygens (including phenoxy) is 1. The van der Waals surface area contributed by atoms with Gasteiger partial charge in [0.15, 0.2) is 0 Å². The van der Waals surface area contributed by atoms with Crippen LogP contribution >= 0.6 is 0 Å². The second-order valence-electron chi connectivity index (χ2n) is 3.81. The Morgan fingerprint density at radius 2 is 1.83 bits per heavy atom. The molecule has 0 bridgehead atoms. The topological polar surface area (TPSA) is 46.5 Å². The summed E-state index contributed by atoms with van der Waals surface area (Å²) in [6, 6.07) is 10.4. The summed E-state index contributed by atoms with van der Waals surface area (Å²) < 4.78 is 18.2. The molecule has 2 aromatic carbocycles. The summed E-state index contributed by atoms with van der Waals surface area (Å²) in [5.41, 5.74) is 0.726. The fourth-order valence-corrected chi connectivity index (χ4v) is 1.63. The minimum atomic E-state index is -1.05. The van der Waals surface area contributed by atoms with Gasteiger partial charge in [-0.2, -0.15) is 0 Å². The Hall–Kier alpha value is -2.36. The van der Waals surface area contributed by atoms with Gasteiger partial charge in [-0.15, -0.1) is 0 Å². The first-order valence-corrected chi connectivity index (χ1v) is 5.34. The monoisotopic (exact) mass is 246 g/mol. The number of rotatable bonds is 3. The molecule has 2 rings (SSSR count). The highest BCUT2D eigenvalue weighted by Crippen LogP contribution is 2.27. The lowest BCUT2D eigenvalue weighted by molar-refractivity contribution is 0.0693. The van der Waals surface area contributed by atoms with Crippen molar-refractivity contribution in [3.63, 3.8) is 0 Å². The zero-order valence-corrected chi connectivity index (χ0v) is 9.68. The van der Waals surface area contributed by atoms with Crippen molar-refractivity contribution in [1.82, 2.24) is 0 Å². The molecule has 0 aromatic heterocycles. The molecule has 0 aliphatic rings. The average molecular weight is 246 g/mol. The fraction of sp³-hybridized carbons (Fsp3) is 0.0714. The van der Waals surface area contributed by atoms with Gasteiger partial charge in [-0.1, -0.05) is 12.1 Å². The zero-order valence-electron chi connectivity index (χ0n) is 9.68. The van der Waals surface area contributed by atoms with Crippen LogP contribution in [0.4, 0.5) is 4.39 Å². The number of aryl methyl sites for hydroxylation is 1. The van der Waals surface area contributed by atoms with Crippen LogP contribution in [0.1, 0.15) is 15.9 Å². The van der Waals surface area contributed by atoms with Gasteiger partial charge in [-0.3, -0.25) is 0 Å². The van der Waals surface area contributed by atoms with Gasteiger partial charge in [0, 0.05) is 0 Å². The largest absolute Gasteiger partial charge is 0.478 e. The first-order valence-electron chi connectivity index (χ1n) is 5.34. The summed E-state index contributed by atoms with van der Waals surface area (Å²) >= 11 is 0. The van der Waals surface area contributed by atoms with Crippen LogP contribution in [0, 0.1) is 12.7 Å². The van der Waals surface area contributed by atoms with E-state index in [0.717, 1.165) is 0 Å². The first kappa shape index (κ1) is 12.1. The second kappa shape index (κ2) is 4.87. The molecule has 18 heavy (non-hydrogen) atoms. The van der Waals surface area contributed by atoms with Crippen molar-refractivity contribution in [2.24, 2.45) is 0 Å². The highest BCUT2D eigenvalue weighted by Gasteiger charge is 2.14. The minimum Gasteiger partial charge on any atom is -0.478 e. The molecule has 0 aliphatic heterocycles. The molecule has 0 amide bonds. The van der Waals surface area contributed by atoms with Crippen molar-refractivity contribution in [1.29, 1.82) is 0 Å². The van der Waals surface area contributed by atoms with Gasteiger partial charge in [0.2, 0.25) is 0 Å².